The van der Waals surface area contributed by atoms with Crippen molar-refractivity contribution in [3.8, 4) is 11.5 Å². The van der Waals surface area contributed by atoms with Crippen LogP contribution in [-0.2, 0) is 4.79 Å². The van der Waals surface area contributed by atoms with Gasteiger partial charge in [-0.05, 0) is 24.1 Å². The van der Waals surface area contributed by atoms with Crippen LogP contribution in [-0.4, -0.2) is 16.1 Å². The van der Waals surface area contributed by atoms with Gasteiger partial charge in [-0.3, -0.25) is 4.79 Å². The number of nitrogens with two attached hydrogens (primary N) is 1. The van der Waals surface area contributed by atoms with Crippen LogP contribution in [0.1, 0.15) is 31.2 Å². The molecule has 1 atom stereocenters. The Balaban J connectivity index is 3.01. The van der Waals surface area contributed by atoms with Crippen molar-refractivity contribution >= 4 is 5.91 Å². The van der Waals surface area contributed by atoms with E-state index in [9.17, 15) is 9.90 Å². The van der Waals surface area contributed by atoms with Gasteiger partial charge in [0.1, 0.15) is 0 Å². The van der Waals surface area contributed by atoms with E-state index in [0.29, 0.717) is 12.0 Å². The third-order valence-electron chi connectivity index (χ3n) is 2.32. The summed E-state index contributed by atoms with van der Waals surface area (Å²) >= 11 is 0. The minimum Gasteiger partial charge on any atom is -0.504 e. The monoisotopic (exact) mass is 209 g/mol. The molecule has 0 saturated heterocycles. The number of primary amides is 1. The Morgan fingerprint density at radius 2 is 2.07 bits per heavy atom. The topological polar surface area (TPSA) is 83.6 Å². The maximum atomic E-state index is 11.2. The number of rotatable bonds is 4. The highest BCUT2D eigenvalue weighted by atomic mass is 16.3. The van der Waals surface area contributed by atoms with E-state index in [1.807, 2.05) is 6.92 Å². The lowest BCUT2D eigenvalue weighted by Crippen LogP contribution is -2.21. The summed E-state index contributed by atoms with van der Waals surface area (Å²) in [6.45, 7) is 1.95. The molecule has 1 aromatic carbocycles. The van der Waals surface area contributed by atoms with Gasteiger partial charge in [-0.25, -0.2) is 0 Å². The van der Waals surface area contributed by atoms with Gasteiger partial charge < -0.3 is 15.9 Å². The number of aromatic hydroxyl groups is 2. The summed E-state index contributed by atoms with van der Waals surface area (Å²) in [4.78, 5) is 11.2. The second-order valence-electron chi connectivity index (χ2n) is 3.49. The molecule has 82 valence electrons. The van der Waals surface area contributed by atoms with Crippen LogP contribution in [0.5, 0.6) is 11.5 Å². The zero-order chi connectivity index (χ0) is 11.4. The second kappa shape index (κ2) is 4.68. The van der Waals surface area contributed by atoms with Gasteiger partial charge in [0.25, 0.3) is 0 Å². The average molecular weight is 209 g/mol. The molecule has 0 aliphatic carbocycles. The predicted molar refractivity (Wildman–Crippen MR) is 56.6 cm³/mol. The summed E-state index contributed by atoms with van der Waals surface area (Å²) in [6, 6.07) is 4.33. The molecule has 1 aromatic rings. The van der Waals surface area contributed by atoms with Crippen LogP contribution >= 0.6 is 0 Å². The maximum absolute atomic E-state index is 11.2. The Morgan fingerprint density at radius 3 is 2.53 bits per heavy atom. The summed E-state index contributed by atoms with van der Waals surface area (Å²) in [5.74, 6) is -1.24. The number of phenolic OH excluding ortho intramolecular Hbond substituents is 2. The molecule has 4 nitrogen and oxygen atoms in total. The van der Waals surface area contributed by atoms with Crippen molar-refractivity contribution < 1.29 is 15.0 Å². The van der Waals surface area contributed by atoms with Gasteiger partial charge in [0, 0.05) is 0 Å². The quantitative estimate of drug-likeness (QED) is 0.656. The number of carbonyl (C=O) groups excluding carboxylic acids is 1. The summed E-state index contributed by atoms with van der Waals surface area (Å²) < 4.78 is 0. The minimum absolute atomic E-state index is 0.196. The fourth-order valence-corrected chi connectivity index (χ4v) is 1.52. The van der Waals surface area contributed by atoms with Gasteiger partial charge in [0.05, 0.1) is 5.92 Å². The van der Waals surface area contributed by atoms with Gasteiger partial charge in [-0.2, -0.15) is 0 Å². The molecule has 0 bridgehead atoms. The molecule has 0 spiro atoms. The number of benzene rings is 1. The Bertz CT molecular complexity index is 363. The number of carbonyl (C=O) groups is 1. The SMILES string of the molecule is CCC[C@@H](C(N)=O)c1ccc(O)c(O)c1. The van der Waals surface area contributed by atoms with E-state index in [4.69, 9.17) is 10.8 Å². The third-order valence-corrected chi connectivity index (χ3v) is 2.32. The molecule has 1 rings (SSSR count). The maximum Gasteiger partial charge on any atom is 0.224 e. The number of hydrogen-bond acceptors (Lipinski definition) is 3. The Labute approximate surface area is 88.3 Å². The Hall–Kier alpha value is -1.71. The first-order valence-electron chi connectivity index (χ1n) is 4.87. The van der Waals surface area contributed by atoms with E-state index >= 15 is 0 Å². The van der Waals surface area contributed by atoms with Crippen LogP contribution < -0.4 is 5.73 Å². The van der Waals surface area contributed by atoms with E-state index in [-0.39, 0.29) is 11.5 Å². The molecule has 0 heterocycles. The smallest absolute Gasteiger partial charge is 0.224 e. The summed E-state index contributed by atoms with van der Waals surface area (Å²) in [7, 11) is 0. The van der Waals surface area contributed by atoms with E-state index < -0.39 is 11.8 Å². The molecular weight excluding hydrogens is 194 g/mol. The fraction of sp³-hybridized carbons (Fsp3) is 0.364. The fourth-order valence-electron chi connectivity index (χ4n) is 1.52. The number of hydrogen-bond donors (Lipinski definition) is 3. The van der Waals surface area contributed by atoms with E-state index in [0.717, 1.165) is 6.42 Å². The average Bonchev–Trinajstić information content (AvgIpc) is 2.18. The first-order chi connectivity index (χ1) is 7.06. The molecule has 1 amide bonds. The number of amides is 1. The van der Waals surface area contributed by atoms with E-state index in [1.165, 1.54) is 12.1 Å². The van der Waals surface area contributed by atoms with Crippen molar-refractivity contribution in [2.45, 2.75) is 25.7 Å². The molecule has 4 N–H and O–H groups in total. The summed E-state index contributed by atoms with van der Waals surface area (Å²) in [5, 5.41) is 18.4. The molecule has 0 aromatic heterocycles. The zero-order valence-corrected chi connectivity index (χ0v) is 8.60. The van der Waals surface area contributed by atoms with Crippen molar-refractivity contribution in [1.82, 2.24) is 0 Å². The van der Waals surface area contributed by atoms with Gasteiger partial charge in [-0.1, -0.05) is 19.4 Å². The molecule has 0 fully saturated rings. The van der Waals surface area contributed by atoms with Crippen molar-refractivity contribution in [2.24, 2.45) is 5.73 Å². The second-order valence-corrected chi connectivity index (χ2v) is 3.49. The highest BCUT2D eigenvalue weighted by Crippen LogP contribution is 2.30. The van der Waals surface area contributed by atoms with Crippen LogP contribution in [0.15, 0.2) is 18.2 Å². The lowest BCUT2D eigenvalue weighted by molar-refractivity contribution is -0.119. The minimum atomic E-state index is -0.415. The molecule has 0 aliphatic rings. The van der Waals surface area contributed by atoms with Crippen LogP contribution in [0.2, 0.25) is 0 Å². The van der Waals surface area contributed by atoms with Crippen LogP contribution in [0.25, 0.3) is 0 Å². The highest BCUT2D eigenvalue weighted by molar-refractivity contribution is 5.82. The van der Waals surface area contributed by atoms with Gasteiger partial charge in [0.15, 0.2) is 11.5 Å². The van der Waals surface area contributed by atoms with Gasteiger partial charge >= 0.3 is 0 Å². The lowest BCUT2D eigenvalue weighted by Gasteiger charge is -2.13. The van der Waals surface area contributed by atoms with Crippen molar-refractivity contribution in [2.75, 3.05) is 0 Å². The van der Waals surface area contributed by atoms with Gasteiger partial charge in [-0.15, -0.1) is 0 Å². The zero-order valence-electron chi connectivity index (χ0n) is 8.60. The van der Waals surface area contributed by atoms with Crippen LogP contribution in [0, 0.1) is 0 Å². The summed E-state index contributed by atoms with van der Waals surface area (Å²) in [6.07, 6.45) is 1.47. The Morgan fingerprint density at radius 1 is 1.40 bits per heavy atom. The molecule has 15 heavy (non-hydrogen) atoms. The molecule has 0 aliphatic heterocycles. The lowest BCUT2D eigenvalue weighted by atomic mass is 9.93. The molecule has 0 unspecified atom stereocenters. The third kappa shape index (κ3) is 2.62. The van der Waals surface area contributed by atoms with Crippen LogP contribution in [0.3, 0.4) is 0 Å². The molecular formula is C11H15NO3. The summed E-state index contributed by atoms with van der Waals surface area (Å²) in [5.41, 5.74) is 5.90. The molecule has 0 radical (unpaired) electrons. The van der Waals surface area contributed by atoms with E-state index in [1.54, 1.807) is 6.07 Å². The number of phenols is 2. The standard InChI is InChI=1S/C11H15NO3/c1-2-3-8(11(12)15)7-4-5-9(13)10(14)6-7/h4-6,8,13-14H,2-3H2,1H3,(H2,12,15)/t8-/m1/s1. The normalized spacial score (nSPS) is 12.3. The molecule has 0 saturated carbocycles. The van der Waals surface area contributed by atoms with Crippen molar-refractivity contribution in [3.63, 3.8) is 0 Å². The van der Waals surface area contributed by atoms with E-state index in [2.05, 4.69) is 0 Å². The van der Waals surface area contributed by atoms with Gasteiger partial charge in [0.2, 0.25) is 5.91 Å². The first kappa shape index (κ1) is 11.4. The first-order valence-corrected chi connectivity index (χ1v) is 4.87. The molecule has 4 heteroatoms. The predicted octanol–water partition coefficient (Wildman–Crippen LogP) is 1.47. The van der Waals surface area contributed by atoms with Crippen molar-refractivity contribution in [3.05, 3.63) is 23.8 Å². The Kier molecular flexibility index (Phi) is 3.55. The highest BCUT2D eigenvalue weighted by Gasteiger charge is 2.17. The largest absolute Gasteiger partial charge is 0.504 e. The van der Waals surface area contributed by atoms with Crippen molar-refractivity contribution in [1.29, 1.82) is 0 Å². The van der Waals surface area contributed by atoms with Crippen LogP contribution in [0.4, 0.5) is 0 Å².